The fourth-order valence-electron chi connectivity index (χ4n) is 2.79. The van der Waals surface area contributed by atoms with Crippen LogP contribution in [0.5, 0.6) is 0 Å². The monoisotopic (exact) mass is 422 g/mol. The summed E-state index contributed by atoms with van der Waals surface area (Å²) in [5.74, 6) is -0.706. The molecule has 2 heterocycles. The first-order chi connectivity index (χ1) is 12.8. The highest BCUT2D eigenvalue weighted by atomic mass is 32.2. The molecular weight excluding hydrogens is 404 g/mol. The highest BCUT2D eigenvalue weighted by molar-refractivity contribution is 8.26. The van der Waals surface area contributed by atoms with Crippen molar-refractivity contribution in [2.45, 2.75) is 12.5 Å². The summed E-state index contributed by atoms with van der Waals surface area (Å²) in [7, 11) is -3.07. The first-order valence-electron chi connectivity index (χ1n) is 8.31. The van der Waals surface area contributed by atoms with Crippen molar-refractivity contribution in [3.8, 4) is 0 Å². The zero-order valence-corrected chi connectivity index (χ0v) is 16.8. The maximum atomic E-state index is 12.5. The van der Waals surface area contributed by atoms with Crippen molar-refractivity contribution in [1.82, 2.24) is 10.2 Å². The molecular formula is C18H18N2O4S3. The molecule has 142 valence electrons. The molecule has 1 unspecified atom stereocenters. The van der Waals surface area contributed by atoms with E-state index in [-0.39, 0.29) is 24.0 Å². The number of benzene rings is 1. The molecule has 1 aromatic carbocycles. The van der Waals surface area contributed by atoms with Gasteiger partial charge in [-0.05, 0) is 18.1 Å². The topological polar surface area (TPSA) is 83.6 Å². The molecule has 1 atom stereocenters. The van der Waals surface area contributed by atoms with Gasteiger partial charge < -0.3 is 5.32 Å². The third-order valence-electron chi connectivity index (χ3n) is 4.11. The van der Waals surface area contributed by atoms with Crippen LogP contribution in [0.15, 0.2) is 47.4 Å². The first-order valence-corrected chi connectivity index (χ1v) is 11.4. The molecule has 27 heavy (non-hydrogen) atoms. The summed E-state index contributed by atoms with van der Waals surface area (Å²) in [6.45, 7) is -0.207. The molecule has 2 amide bonds. The Bertz CT molecular complexity index is 923. The van der Waals surface area contributed by atoms with Gasteiger partial charge in [-0.1, -0.05) is 66.5 Å². The molecule has 0 spiro atoms. The van der Waals surface area contributed by atoms with Gasteiger partial charge in [0.1, 0.15) is 10.9 Å². The Morgan fingerprint density at radius 2 is 2.07 bits per heavy atom. The zero-order valence-electron chi connectivity index (χ0n) is 14.3. The number of amides is 2. The van der Waals surface area contributed by atoms with Crippen molar-refractivity contribution < 1.29 is 18.0 Å². The van der Waals surface area contributed by atoms with Crippen LogP contribution in [-0.2, 0) is 19.4 Å². The maximum absolute atomic E-state index is 12.5. The predicted molar refractivity (Wildman–Crippen MR) is 111 cm³/mol. The zero-order chi connectivity index (χ0) is 19.4. The van der Waals surface area contributed by atoms with Gasteiger partial charge in [0, 0.05) is 6.04 Å². The molecule has 2 fully saturated rings. The van der Waals surface area contributed by atoms with Crippen LogP contribution >= 0.6 is 24.0 Å². The fourth-order valence-corrected chi connectivity index (χ4v) is 5.67. The van der Waals surface area contributed by atoms with Gasteiger partial charge in [-0.3, -0.25) is 14.5 Å². The van der Waals surface area contributed by atoms with Gasteiger partial charge in [0.25, 0.3) is 5.91 Å². The molecule has 9 heteroatoms. The van der Waals surface area contributed by atoms with Crippen LogP contribution in [0.25, 0.3) is 6.08 Å². The van der Waals surface area contributed by atoms with E-state index in [1.165, 1.54) is 4.90 Å². The predicted octanol–water partition coefficient (Wildman–Crippen LogP) is 1.75. The van der Waals surface area contributed by atoms with E-state index in [1.54, 1.807) is 12.2 Å². The van der Waals surface area contributed by atoms with Crippen LogP contribution in [0, 0.1) is 0 Å². The second kappa shape index (κ2) is 8.37. The Morgan fingerprint density at radius 3 is 2.74 bits per heavy atom. The highest BCUT2D eigenvalue weighted by Gasteiger charge is 2.34. The van der Waals surface area contributed by atoms with Gasteiger partial charge in [-0.25, -0.2) is 8.42 Å². The first kappa shape index (κ1) is 19.8. The summed E-state index contributed by atoms with van der Waals surface area (Å²) in [5.41, 5.74) is 1.01. The maximum Gasteiger partial charge on any atom is 0.266 e. The van der Waals surface area contributed by atoms with E-state index in [0.29, 0.717) is 15.6 Å². The van der Waals surface area contributed by atoms with Crippen molar-refractivity contribution in [3.05, 3.63) is 53.0 Å². The molecule has 0 aliphatic carbocycles. The molecule has 0 bridgehead atoms. The summed E-state index contributed by atoms with van der Waals surface area (Å²) in [6, 6.07) is 9.27. The second-order valence-corrected chi connectivity index (χ2v) is 10.1. The lowest BCUT2D eigenvalue weighted by atomic mass is 10.2. The normalized spacial score (nSPS) is 23.5. The standard InChI is InChI=1S/C18H18N2O4S3/c21-16(19-14-9-10-27(23,24)12-14)11-20-17(22)15(26-18(20)25)8-4-7-13-5-2-1-3-6-13/h1-8,14H,9-12H2,(H,19,21)/b7-4+,15-8-. The van der Waals surface area contributed by atoms with Crippen LogP contribution in [-0.4, -0.2) is 53.5 Å². The quantitative estimate of drug-likeness (QED) is 0.575. The molecule has 2 aliphatic heterocycles. The Morgan fingerprint density at radius 1 is 1.33 bits per heavy atom. The third-order valence-corrected chi connectivity index (χ3v) is 7.27. The molecule has 1 N–H and O–H groups in total. The van der Waals surface area contributed by atoms with Gasteiger partial charge in [-0.15, -0.1) is 0 Å². The van der Waals surface area contributed by atoms with Crippen molar-refractivity contribution in [2.75, 3.05) is 18.1 Å². The van der Waals surface area contributed by atoms with E-state index in [9.17, 15) is 18.0 Å². The van der Waals surface area contributed by atoms with Crippen LogP contribution in [0.1, 0.15) is 12.0 Å². The van der Waals surface area contributed by atoms with Crippen molar-refractivity contribution >= 4 is 56.0 Å². The minimum absolute atomic E-state index is 0.0542. The number of hydrogen-bond acceptors (Lipinski definition) is 6. The van der Waals surface area contributed by atoms with Gasteiger partial charge in [0.05, 0.1) is 16.4 Å². The summed E-state index contributed by atoms with van der Waals surface area (Å²) in [6.07, 6.45) is 5.72. The summed E-state index contributed by atoms with van der Waals surface area (Å²) in [5, 5.41) is 2.67. The second-order valence-electron chi connectivity index (χ2n) is 6.23. The Hall–Kier alpha value is -1.97. The molecule has 0 saturated carbocycles. The van der Waals surface area contributed by atoms with Gasteiger partial charge in [0.15, 0.2) is 9.84 Å². The Balaban J connectivity index is 1.58. The number of allylic oxidation sites excluding steroid dienone is 2. The number of thiocarbonyl (C=S) groups is 1. The largest absolute Gasteiger partial charge is 0.351 e. The summed E-state index contributed by atoms with van der Waals surface area (Å²) < 4.78 is 23.2. The van der Waals surface area contributed by atoms with Crippen LogP contribution in [0.4, 0.5) is 0 Å². The van der Waals surface area contributed by atoms with E-state index >= 15 is 0 Å². The Labute approximate surface area is 167 Å². The smallest absolute Gasteiger partial charge is 0.266 e. The van der Waals surface area contributed by atoms with Crippen LogP contribution < -0.4 is 5.32 Å². The van der Waals surface area contributed by atoms with Crippen molar-refractivity contribution in [2.24, 2.45) is 0 Å². The number of hydrogen-bond donors (Lipinski definition) is 1. The summed E-state index contributed by atoms with van der Waals surface area (Å²) >= 11 is 6.35. The minimum atomic E-state index is -3.07. The molecule has 3 rings (SSSR count). The molecule has 0 radical (unpaired) electrons. The Kier molecular flexibility index (Phi) is 6.13. The molecule has 2 aliphatic rings. The lowest BCUT2D eigenvalue weighted by Gasteiger charge is -2.16. The molecule has 1 aromatic rings. The number of nitrogens with one attached hydrogen (secondary N) is 1. The number of rotatable bonds is 5. The van der Waals surface area contributed by atoms with Gasteiger partial charge in [0.2, 0.25) is 5.91 Å². The van der Waals surface area contributed by atoms with E-state index in [0.717, 1.165) is 17.3 Å². The highest BCUT2D eigenvalue weighted by Crippen LogP contribution is 2.30. The van der Waals surface area contributed by atoms with Gasteiger partial charge in [-0.2, -0.15) is 0 Å². The van der Waals surface area contributed by atoms with E-state index in [1.807, 2.05) is 36.4 Å². The lowest BCUT2D eigenvalue weighted by molar-refractivity contribution is -0.129. The number of thioether (sulfide) groups is 1. The molecule has 2 saturated heterocycles. The van der Waals surface area contributed by atoms with E-state index < -0.39 is 21.8 Å². The third kappa shape index (κ3) is 5.27. The number of nitrogens with zero attached hydrogens (tertiary/aromatic N) is 1. The number of carbonyl (C=O) groups is 2. The average molecular weight is 423 g/mol. The lowest BCUT2D eigenvalue weighted by Crippen LogP contribution is -2.43. The van der Waals surface area contributed by atoms with E-state index in [2.05, 4.69) is 5.32 Å². The fraction of sp³-hybridized carbons (Fsp3) is 0.278. The van der Waals surface area contributed by atoms with Crippen LogP contribution in [0.3, 0.4) is 0 Å². The molecule has 6 nitrogen and oxygen atoms in total. The van der Waals surface area contributed by atoms with Crippen LogP contribution in [0.2, 0.25) is 0 Å². The van der Waals surface area contributed by atoms with Gasteiger partial charge >= 0.3 is 0 Å². The molecule has 0 aromatic heterocycles. The summed E-state index contributed by atoms with van der Waals surface area (Å²) in [4.78, 5) is 26.3. The number of sulfone groups is 1. The van der Waals surface area contributed by atoms with Crippen molar-refractivity contribution in [3.63, 3.8) is 0 Å². The SMILES string of the molecule is O=C(CN1C(=O)/C(=C/C=C/c2ccccc2)SC1=S)NC1CCS(=O)(=O)C1. The minimum Gasteiger partial charge on any atom is -0.351 e. The van der Waals surface area contributed by atoms with Crippen molar-refractivity contribution in [1.29, 1.82) is 0 Å². The van der Waals surface area contributed by atoms with E-state index in [4.69, 9.17) is 12.2 Å². The average Bonchev–Trinajstić information content (AvgIpc) is 3.09. The number of carbonyl (C=O) groups excluding carboxylic acids is 2.